The summed E-state index contributed by atoms with van der Waals surface area (Å²) < 4.78 is 3.77. The molecule has 0 aliphatic heterocycles. The summed E-state index contributed by atoms with van der Waals surface area (Å²) in [7, 11) is 0. The van der Waals surface area contributed by atoms with E-state index in [0.29, 0.717) is 0 Å². The van der Waals surface area contributed by atoms with Gasteiger partial charge in [0.15, 0.2) is 5.01 Å². The highest BCUT2D eigenvalue weighted by Crippen LogP contribution is 2.39. The van der Waals surface area contributed by atoms with Gasteiger partial charge in [0.1, 0.15) is 17.7 Å². The second-order valence-corrected chi connectivity index (χ2v) is 7.92. The number of rotatable bonds is 1. The molecule has 0 N–H and O–H groups in total. The van der Waals surface area contributed by atoms with E-state index in [0.717, 1.165) is 21.1 Å². The Kier molecular flexibility index (Phi) is 2.91. The number of thiazole rings is 1. The third-order valence-corrected chi connectivity index (χ3v) is 6.34. The van der Waals surface area contributed by atoms with Gasteiger partial charge in [-0.1, -0.05) is 11.6 Å². The largest absolute Gasteiger partial charge is 0.233 e. The molecule has 0 atom stereocenters. The topological polar surface area (TPSA) is 12.9 Å². The molecule has 108 valence electrons. The molecule has 4 aromatic rings. The molecule has 4 heteroatoms. The van der Waals surface area contributed by atoms with Crippen molar-refractivity contribution in [2.75, 3.05) is 0 Å². The number of thiophene rings is 1. The maximum absolute atomic E-state index is 6.17. The summed E-state index contributed by atoms with van der Waals surface area (Å²) in [4.78, 5) is 4.82. The maximum atomic E-state index is 6.17. The first-order valence-corrected chi connectivity index (χ1v) is 9.18. The van der Waals surface area contributed by atoms with Crippen LogP contribution in [0.1, 0.15) is 5.01 Å². The molecule has 1 aliphatic rings. The molecule has 0 fully saturated rings. The lowest BCUT2D eigenvalue weighted by Gasteiger charge is -1.93. The van der Waals surface area contributed by atoms with Gasteiger partial charge in [-0.25, -0.2) is 4.98 Å². The van der Waals surface area contributed by atoms with Gasteiger partial charge in [0.05, 0.1) is 22.4 Å². The van der Waals surface area contributed by atoms with Crippen LogP contribution in [0.15, 0.2) is 54.6 Å². The molecule has 0 radical (unpaired) electrons. The van der Waals surface area contributed by atoms with E-state index in [1.54, 1.807) is 22.7 Å². The minimum atomic E-state index is 0.775. The molecule has 0 spiro atoms. The molecule has 1 aliphatic carbocycles. The molecule has 0 unspecified atom stereocenters. The SMILES string of the molecule is Clc1ccc2sc3cc4sc(C5=CC=[C+]C=C5)nc4cc3c2c1. The fourth-order valence-corrected chi connectivity index (χ4v) is 5.17. The smallest absolute Gasteiger partial charge is 0.151 e. The molecule has 0 amide bonds. The molecule has 0 bridgehead atoms. The van der Waals surface area contributed by atoms with Crippen LogP contribution in [-0.4, -0.2) is 4.98 Å². The van der Waals surface area contributed by atoms with Crippen LogP contribution < -0.4 is 0 Å². The van der Waals surface area contributed by atoms with E-state index >= 15 is 0 Å². The quantitative estimate of drug-likeness (QED) is 0.351. The number of fused-ring (bicyclic) bond motifs is 4. The third-order valence-electron chi connectivity index (χ3n) is 3.91. The molecular formula is C19H9ClNS2+. The number of aromatic nitrogens is 1. The van der Waals surface area contributed by atoms with Crippen molar-refractivity contribution in [1.29, 1.82) is 0 Å². The van der Waals surface area contributed by atoms with E-state index in [2.05, 4.69) is 36.4 Å². The summed E-state index contributed by atoms with van der Waals surface area (Å²) in [5, 5.41) is 4.27. The van der Waals surface area contributed by atoms with Crippen molar-refractivity contribution in [2.45, 2.75) is 0 Å². The molecule has 2 heterocycles. The van der Waals surface area contributed by atoms with Crippen molar-refractivity contribution >= 4 is 70.2 Å². The van der Waals surface area contributed by atoms with Gasteiger partial charge in [-0.3, -0.25) is 0 Å². The van der Waals surface area contributed by atoms with Gasteiger partial charge in [0, 0.05) is 31.3 Å². The molecule has 0 saturated heterocycles. The first kappa shape index (κ1) is 13.4. The van der Waals surface area contributed by atoms with Crippen LogP contribution in [0.3, 0.4) is 0 Å². The summed E-state index contributed by atoms with van der Waals surface area (Å²) in [6.07, 6.45) is 11.0. The van der Waals surface area contributed by atoms with Gasteiger partial charge in [-0.05, 0) is 30.3 Å². The van der Waals surface area contributed by atoms with Crippen molar-refractivity contribution in [2.24, 2.45) is 0 Å². The summed E-state index contributed by atoms with van der Waals surface area (Å²) in [6, 6.07) is 10.5. The number of halogens is 1. The van der Waals surface area contributed by atoms with Crippen LogP contribution in [0, 0.1) is 6.08 Å². The lowest BCUT2D eigenvalue weighted by Crippen LogP contribution is -1.80. The Morgan fingerprint density at radius 1 is 0.957 bits per heavy atom. The molecule has 0 saturated carbocycles. The summed E-state index contributed by atoms with van der Waals surface area (Å²) in [5.41, 5.74) is 2.19. The standard InChI is InChI=1S/C19H9ClNS2/c20-12-6-7-16-13(8-12)14-9-15-18(10-17(14)22-16)23-19(21-15)11-4-2-1-3-5-11/h2-10H/q+1. The first-order valence-electron chi connectivity index (χ1n) is 7.17. The maximum Gasteiger partial charge on any atom is 0.151 e. The van der Waals surface area contributed by atoms with Crippen LogP contribution >= 0.6 is 34.3 Å². The molecule has 2 aromatic heterocycles. The molecule has 2 aromatic carbocycles. The van der Waals surface area contributed by atoms with E-state index in [-0.39, 0.29) is 0 Å². The lowest BCUT2D eigenvalue weighted by molar-refractivity contribution is 1.44. The highest BCUT2D eigenvalue weighted by atomic mass is 35.5. The minimum absolute atomic E-state index is 0.775. The van der Waals surface area contributed by atoms with Gasteiger partial charge >= 0.3 is 0 Å². The normalized spacial score (nSPS) is 13.9. The zero-order chi connectivity index (χ0) is 15.4. The van der Waals surface area contributed by atoms with Gasteiger partial charge in [0.2, 0.25) is 0 Å². The van der Waals surface area contributed by atoms with Crippen LogP contribution in [0.2, 0.25) is 5.02 Å². The summed E-state index contributed by atoms with van der Waals surface area (Å²) in [5.74, 6) is 0. The van der Waals surface area contributed by atoms with Gasteiger partial charge in [0.25, 0.3) is 0 Å². The summed E-state index contributed by atoms with van der Waals surface area (Å²) in [6.45, 7) is 0. The van der Waals surface area contributed by atoms with Crippen molar-refractivity contribution in [3.05, 3.63) is 70.7 Å². The Morgan fingerprint density at radius 3 is 2.74 bits per heavy atom. The second-order valence-electron chi connectivity index (χ2n) is 5.37. The number of benzene rings is 2. The fraction of sp³-hybridized carbons (Fsp3) is 0. The monoisotopic (exact) mass is 350 g/mol. The van der Waals surface area contributed by atoms with Crippen molar-refractivity contribution in [1.82, 2.24) is 4.98 Å². The average molecular weight is 351 g/mol. The van der Waals surface area contributed by atoms with Crippen molar-refractivity contribution in [3.63, 3.8) is 0 Å². The predicted octanol–water partition coefficient (Wildman–Crippen LogP) is 6.63. The van der Waals surface area contributed by atoms with Crippen molar-refractivity contribution in [3.8, 4) is 0 Å². The van der Waals surface area contributed by atoms with Crippen LogP contribution in [0.25, 0.3) is 36.0 Å². The number of hydrogen-bond acceptors (Lipinski definition) is 3. The van der Waals surface area contributed by atoms with E-state index < -0.39 is 0 Å². The highest BCUT2D eigenvalue weighted by Gasteiger charge is 2.14. The van der Waals surface area contributed by atoms with Crippen molar-refractivity contribution < 1.29 is 0 Å². The van der Waals surface area contributed by atoms with E-state index in [4.69, 9.17) is 16.6 Å². The van der Waals surface area contributed by atoms with E-state index in [9.17, 15) is 0 Å². The highest BCUT2D eigenvalue weighted by molar-refractivity contribution is 7.26. The average Bonchev–Trinajstić information content (AvgIpc) is 3.14. The lowest BCUT2D eigenvalue weighted by atomic mass is 10.1. The van der Waals surface area contributed by atoms with E-state index in [1.807, 2.05) is 24.3 Å². The van der Waals surface area contributed by atoms with Gasteiger partial charge in [-0.2, -0.15) is 0 Å². The van der Waals surface area contributed by atoms with Gasteiger partial charge in [-0.15, -0.1) is 22.7 Å². The first-order chi connectivity index (χ1) is 11.3. The molecule has 1 nitrogen and oxygen atoms in total. The van der Waals surface area contributed by atoms with Crippen LogP contribution in [0.4, 0.5) is 0 Å². The fourth-order valence-electron chi connectivity index (χ4n) is 2.82. The second kappa shape index (κ2) is 4.98. The molecule has 23 heavy (non-hydrogen) atoms. The Labute approximate surface area is 145 Å². The predicted molar refractivity (Wildman–Crippen MR) is 102 cm³/mol. The zero-order valence-electron chi connectivity index (χ0n) is 11.8. The van der Waals surface area contributed by atoms with E-state index in [1.165, 1.54) is 24.9 Å². The Hall–Kier alpha value is -2.03. The number of nitrogens with zero attached hydrogens (tertiary/aromatic N) is 1. The zero-order valence-corrected chi connectivity index (χ0v) is 14.2. The minimum Gasteiger partial charge on any atom is -0.233 e. The third kappa shape index (κ3) is 2.13. The molecular weight excluding hydrogens is 342 g/mol. The Balaban J connectivity index is 1.78. The van der Waals surface area contributed by atoms with Crippen LogP contribution in [-0.2, 0) is 0 Å². The summed E-state index contributed by atoms with van der Waals surface area (Å²) >= 11 is 9.71. The number of hydrogen-bond donors (Lipinski definition) is 0. The van der Waals surface area contributed by atoms with Crippen LogP contribution in [0.5, 0.6) is 0 Å². The van der Waals surface area contributed by atoms with Gasteiger partial charge < -0.3 is 0 Å². The number of allylic oxidation sites excluding steroid dienone is 6. The molecule has 5 rings (SSSR count). The Morgan fingerprint density at radius 2 is 1.87 bits per heavy atom. The Bertz CT molecular complexity index is 1170.